The minimum Gasteiger partial charge on any atom is -0.545 e. The summed E-state index contributed by atoms with van der Waals surface area (Å²) in [6.07, 6.45) is 0. The summed E-state index contributed by atoms with van der Waals surface area (Å²) in [6, 6.07) is 4.42. The van der Waals surface area contributed by atoms with E-state index in [9.17, 15) is 14.7 Å². The summed E-state index contributed by atoms with van der Waals surface area (Å²) >= 11 is 0. The standard InChI is InChI=1S/C12H12N2O3/c1-3-14-10-5-4-8(12(16)17)6-9(10)13-7(2)11(14)15/h4-6H,3H2,1-2H3,(H,16,17)/p-1. The second-order valence-corrected chi connectivity index (χ2v) is 3.74. The number of carbonyl (C=O) groups is 1. The first-order valence-corrected chi connectivity index (χ1v) is 5.27. The Morgan fingerprint density at radius 2 is 2.18 bits per heavy atom. The number of benzene rings is 1. The molecule has 0 aliphatic heterocycles. The van der Waals surface area contributed by atoms with E-state index < -0.39 is 5.97 Å². The van der Waals surface area contributed by atoms with E-state index in [1.807, 2.05) is 6.92 Å². The molecule has 5 heteroatoms. The lowest BCUT2D eigenvalue weighted by Crippen LogP contribution is -2.25. The average Bonchev–Trinajstić information content (AvgIpc) is 2.30. The maximum absolute atomic E-state index is 11.8. The van der Waals surface area contributed by atoms with Gasteiger partial charge in [0.05, 0.1) is 17.0 Å². The summed E-state index contributed by atoms with van der Waals surface area (Å²) < 4.78 is 1.57. The van der Waals surface area contributed by atoms with E-state index in [1.165, 1.54) is 12.1 Å². The van der Waals surface area contributed by atoms with Crippen molar-refractivity contribution in [2.75, 3.05) is 0 Å². The predicted octanol–water partition coefficient (Wildman–Crippen LogP) is 0.0883. The van der Waals surface area contributed by atoms with Crippen molar-refractivity contribution in [3.05, 3.63) is 39.8 Å². The van der Waals surface area contributed by atoms with E-state index in [-0.39, 0.29) is 11.1 Å². The van der Waals surface area contributed by atoms with Crippen molar-refractivity contribution in [1.29, 1.82) is 0 Å². The number of carboxylic acids is 1. The number of hydrogen-bond acceptors (Lipinski definition) is 4. The minimum atomic E-state index is -1.25. The predicted molar refractivity (Wildman–Crippen MR) is 60.7 cm³/mol. The molecule has 0 bridgehead atoms. The largest absolute Gasteiger partial charge is 0.545 e. The molecule has 1 aromatic heterocycles. The molecule has 0 unspecified atom stereocenters. The average molecular weight is 231 g/mol. The second kappa shape index (κ2) is 4.01. The molecule has 2 rings (SSSR count). The van der Waals surface area contributed by atoms with Crippen LogP contribution in [0.5, 0.6) is 0 Å². The third-order valence-corrected chi connectivity index (χ3v) is 2.66. The van der Waals surface area contributed by atoms with Gasteiger partial charge in [0.2, 0.25) is 0 Å². The van der Waals surface area contributed by atoms with Crippen LogP contribution in [0.4, 0.5) is 0 Å². The van der Waals surface area contributed by atoms with Gasteiger partial charge in [-0.2, -0.15) is 0 Å². The van der Waals surface area contributed by atoms with Crippen LogP contribution in [0.2, 0.25) is 0 Å². The zero-order chi connectivity index (χ0) is 12.6. The maximum Gasteiger partial charge on any atom is 0.272 e. The van der Waals surface area contributed by atoms with Crippen molar-refractivity contribution in [1.82, 2.24) is 9.55 Å². The Hall–Kier alpha value is -2.17. The molecule has 88 valence electrons. The first kappa shape index (κ1) is 11.3. The number of carboxylic acid groups (broad SMARTS) is 1. The molecule has 1 heterocycles. The van der Waals surface area contributed by atoms with Gasteiger partial charge in [0.15, 0.2) is 0 Å². The van der Waals surface area contributed by atoms with Crippen LogP contribution in [-0.4, -0.2) is 15.5 Å². The van der Waals surface area contributed by atoms with Gasteiger partial charge in [0.25, 0.3) is 5.56 Å². The number of nitrogens with zero attached hydrogens (tertiary/aromatic N) is 2. The highest BCUT2D eigenvalue weighted by molar-refractivity contribution is 5.90. The van der Waals surface area contributed by atoms with Crippen LogP contribution in [0.3, 0.4) is 0 Å². The topological polar surface area (TPSA) is 75.0 Å². The number of carbonyl (C=O) groups excluding carboxylic acids is 1. The van der Waals surface area contributed by atoms with Gasteiger partial charge >= 0.3 is 0 Å². The van der Waals surface area contributed by atoms with Crippen molar-refractivity contribution >= 4 is 17.0 Å². The molecule has 0 saturated carbocycles. The minimum absolute atomic E-state index is 0.0608. The normalized spacial score (nSPS) is 10.7. The second-order valence-electron chi connectivity index (χ2n) is 3.74. The fourth-order valence-corrected chi connectivity index (χ4v) is 1.82. The zero-order valence-electron chi connectivity index (χ0n) is 9.56. The van der Waals surface area contributed by atoms with E-state index in [1.54, 1.807) is 17.6 Å². The van der Waals surface area contributed by atoms with Gasteiger partial charge in [0.1, 0.15) is 5.69 Å². The number of rotatable bonds is 2. The summed E-state index contributed by atoms with van der Waals surface area (Å²) in [5.74, 6) is -1.25. The molecule has 0 aliphatic rings. The molecule has 2 aromatic rings. The molecule has 0 atom stereocenters. The van der Waals surface area contributed by atoms with Crippen LogP contribution in [-0.2, 0) is 6.54 Å². The molecule has 0 saturated heterocycles. The lowest BCUT2D eigenvalue weighted by atomic mass is 10.2. The van der Waals surface area contributed by atoms with E-state index in [0.29, 0.717) is 23.3 Å². The Morgan fingerprint density at radius 3 is 2.76 bits per heavy atom. The number of aryl methyl sites for hydroxylation is 2. The zero-order valence-corrected chi connectivity index (χ0v) is 9.56. The Morgan fingerprint density at radius 1 is 1.47 bits per heavy atom. The SMILES string of the molecule is CCn1c(=O)c(C)nc2cc(C(=O)[O-])ccc21. The molecule has 0 aliphatic carbocycles. The van der Waals surface area contributed by atoms with Crippen LogP contribution in [0.25, 0.3) is 11.0 Å². The fourth-order valence-electron chi connectivity index (χ4n) is 1.82. The van der Waals surface area contributed by atoms with Gasteiger partial charge in [-0.05, 0) is 31.5 Å². The van der Waals surface area contributed by atoms with Crippen molar-refractivity contribution in [3.8, 4) is 0 Å². The molecule has 1 aromatic carbocycles. The van der Waals surface area contributed by atoms with Crippen LogP contribution in [0.1, 0.15) is 23.0 Å². The van der Waals surface area contributed by atoms with E-state index in [4.69, 9.17) is 0 Å². The number of aromatic nitrogens is 2. The summed E-state index contributed by atoms with van der Waals surface area (Å²) in [6.45, 7) is 3.98. The van der Waals surface area contributed by atoms with Crippen molar-refractivity contribution in [2.24, 2.45) is 0 Å². The van der Waals surface area contributed by atoms with Crippen LogP contribution in [0, 0.1) is 6.92 Å². The van der Waals surface area contributed by atoms with Gasteiger partial charge in [-0.1, -0.05) is 6.07 Å². The van der Waals surface area contributed by atoms with Crippen LogP contribution < -0.4 is 10.7 Å². The van der Waals surface area contributed by atoms with Crippen molar-refractivity contribution < 1.29 is 9.90 Å². The Labute approximate surface area is 97.3 Å². The highest BCUT2D eigenvalue weighted by atomic mass is 16.4. The van der Waals surface area contributed by atoms with Gasteiger partial charge in [-0.15, -0.1) is 0 Å². The highest BCUT2D eigenvalue weighted by Gasteiger charge is 2.07. The van der Waals surface area contributed by atoms with Crippen LogP contribution >= 0.6 is 0 Å². The molecule has 5 nitrogen and oxygen atoms in total. The quantitative estimate of drug-likeness (QED) is 0.734. The monoisotopic (exact) mass is 231 g/mol. The summed E-state index contributed by atoms with van der Waals surface area (Å²) in [5, 5.41) is 10.7. The summed E-state index contributed by atoms with van der Waals surface area (Å²) in [5.41, 5.74) is 1.39. The van der Waals surface area contributed by atoms with Gasteiger partial charge < -0.3 is 14.5 Å². The molecular weight excluding hydrogens is 220 g/mol. The highest BCUT2D eigenvalue weighted by Crippen LogP contribution is 2.12. The molecule has 17 heavy (non-hydrogen) atoms. The van der Waals surface area contributed by atoms with Crippen LogP contribution in [0.15, 0.2) is 23.0 Å². The molecule has 0 radical (unpaired) electrons. The van der Waals surface area contributed by atoms with Gasteiger partial charge in [-0.25, -0.2) is 4.98 Å². The van der Waals surface area contributed by atoms with E-state index >= 15 is 0 Å². The molecular formula is C12H11N2O3-. The maximum atomic E-state index is 11.8. The van der Waals surface area contributed by atoms with Gasteiger partial charge in [0, 0.05) is 6.54 Å². The first-order chi connectivity index (χ1) is 8.04. The molecule has 0 spiro atoms. The number of hydrogen-bond donors (Lipinski definition) is 0. The fraction of sp³-hybridized carbons (Fsp3) is 0.250. The van der Waals surface area contributed by atoms with E-state index in [2.05, 4.69) is 4.98 Å². The Balaban J connectivity index is 2.85. The van der Waals surface area contributed by atoms with E-state index in [0.717, 1.165) is 0 Å². The Bertz CT molecular complexity index is 659. The summed E-state index contributed by atoms with van der Waals surface area (Å²) in [7, 11) is 0. The third kappa shape index (κ3) is 1.80. The summed E-state index contributed by atoms with van der Waals surface area (Å²) in [4.78, 5) is 26.7. The smallest absolute Gasteiger partial charge is 0.272 e. The molecule has 0 amide bonds. The lowest BCUT2D eigenvalue weighted by molar-refractivity contribution is -0.255. The lowest BCUT2D eigenvalue weighted by Gasteiger charge is -2.10. The Kier molecular flexibility index (Phi) is 2.67. The van der Waals surface area contributed by atoms with Crippen molar-refractivity contribution in [3.63, 3.8) is 0 Å². The van der Waals surface area contributed by atoms with Gasteiger partial charge in [-0.3, -0.25) is 4.79 Å². The molecule has 0 fully saturated rings. The molecule has 0 N–H and O–H groups in total. The van der Waals surface area contributed by atoms with Crippen molar-refractivity contribution in [2.45, 2.75) is 20.4 Å². The third-order valence-electron chi connectivity index (χ3n) is 2.66. The number of aromatic carboxylic acids is 1. The number of fused-ring (bicyclic) bond motifs is 1. The first-order valence-electron chi connectivity index (χ1n) is 5.27.